The molecular weight excluding hydrogens is 186 g/mol. The number of pyridine rings is 1. The van der Waals surface area contributed by atoms with Crippen LogP contribution in [0.4, 0.5) is 0 Å². The molecule has 0 aliphatic rings. The molecule has 0 radical (unpaired) electrons. The van der Waals surface area contributed by atoms with Crippen LogP contribution in [0.5, 0.6) is 5.88 Å². The van der Waals surface area contributed by atoms with E-state index < -0.39 is 0 Å². The first kappa shape index (κ1) is 8.25. The molecule has 0 saturated carbocycles. The van der Waals surface area contributed by atoms with Crippen molar-refractivity contribution in [1.29, 1.82) is 0 Å². The molecule has 0 aliphatic heterocycles. The minimum atomic E-state index is 0.0266. The monoisotopic (exact) mass is 193 g/mol. The van der Waals surface area contributed by atoms with E-state index in [2.05, 4.69) is 15.0 Å². The third-order valence-corrected chi connectivity index (χ3v) is 2.40. The summed E-state index contributed by atoms with van der Waals surface area (Å²) in [6.07, 6.45) is 4.97. The molecular formula is C8H7N3OS. The molecule has 1 N–H and O–H groups in total. The minimum Gasteiger partial charge on any atom is -0.492 e. The molecule has 0 bridgehead atoms. The van der Waals surface area contributed by atoms with Crippen molar-refractivity contribution in [3.8, 4) is 5.88 Å². The minimum absolute atomic E-state index is 0.0266. The van der Waals surface area contributed by atoms with Gasteiger partial charge in [0.1, 0.15) is 6.33 Å². The molecule has 0 aromatic carbocycles. The Hall–Kier alpha value is -1.36. The maximum atomic E-state index is 9.42. The van der Waals surface area contributed by atoms with Crippen molar-refractivity contribution in [2.75, 3.05) is 6.26 Å². The van der Waals surface area contributed by atoms with Gasteiger partial charge in [0.15, 0.2) is 5.65 Å². The van der Waals surface area contributed by atoms with Crippen LogP contribution in [0.25, 0.3) is 11.0 Å². The summed E-state index contributed by atoms with van der Waals surface area (Å²) < 4.78 is 0. The lowest BCUT2D eigenvalue weighted by molar-refractivity contribution is 0.442. The van der Waals surface area contributed by atoms with E-state index in [0.29, 0.717) is 5.65 Å². The number of fused-ring (bicyclic) bond motifs is 1. The Bertz CT molecular complexity index is 446. The fraction of sp³-hybridized carbons (Fsp3) is 0.125. The predicted molar refractivity (Wildman–Crippen MR) is 50.8 cm³/mol. The van der Waals surface area contributed by atoms with Gasteiger partial charge in [-0.1, -0.05) is 0 Å². The zero-order valence-corrected chi connectivity index (χ0v) is 7.75. The Morgan fingerprint density at radius 1 is 1.46 bits per heavy atom. The van der Waals surface area contributed by atoms with E-state index in [0.717, 1.165) is 10.3 Å². The number of rotatable bonds is 1. The first-order valence-corrected chi connectivity index (χ1v) is 4.87. The smallest absolute Gasteiger partial charge is 0.226 e. The van der Waals surface area contributed by atoms with Crippen molar-refractivity contribution in [3.05, 3.63) is 18.6 Å². The van der Waals surface area contributed by atoms with E-state index in [-0.39, 0.29) is 5.88 Å². The molecule has 0 spiro atoms. The summed E-state index contributed by atoms with van der Waals surface area (Å²) in [5.74, 6) is 0.0266. The van der Waals surface area contributed by atoms with Gasteiger partial charge in [-0.2, -0.15) is 4.98 Å². The lowest BCUT2D eigenvalue weighted by atomic mass is 10.3. The first-order valence-electron chi connectivity index (χ1n) is 3.65. The topological polar surface area (TPSA) is 58.9 Å². The molecule has 0 unspecified atom stereocenters. The van der Waals surface area contributed by atoms with E-state index >= 15 is 0 Å². The van der Waals surface area contributed by atoms with E-state index in [4.69, 9.17) is 0 Å². The summed E-state index contributed by atoms with van der Waals surface area (Å²) in [6.45, 7) is 0. The van der Waals surface area contributed by atoms with Crippen LogP contribution >= 0.6 is 11.8 Å². The Balaban J connectivity index is 2.74. The zero-order chi connectivity index (χ0) is 9.26. The normalized spacial score (nSPS) is 10.5. The Morgan fingerprint density at radius 3 is 3.08 bits per heavy atom. The van der Waals surface area contributed by atoms with Crippen LogP contribution < -0.4 is 0 Å². The molecule has 0 saturated heterocycles. The van der Waals surface area contributed by atoms with E-state index in [9.17, 15) is 5.11 Å². The molecule has 13 heavy (non-hydrogen) atoms. The molecule has 2 aromatic heterocycles. The lowest BCUT2D eigenvalue weighted by Crippen LogP contribution is -1.86. The van der Waals surface area contributed by atoms with Gasteiger partial charge in [-0.05, 0) is 12.3 Å². The van der Waals surface area contributed by atoms with Crippen molar-refractivity contribution < 1.29 is 5.11 Å². The molecule has 4 nitrogen and oxygen atoms in total. The second-order valence-corrected chi connectivity index (χ2v) is 3.30. The Labute approximate surface area is 79.1 Å². The van der Waals surface area contributed by atoms with Gasteiger partial charge in [-0.15, -0.1) is 11.8 Å². The number of hydrogen-bond acceptors (Lipinski definition) is 5. The number of aromatic nitrogens is 3. The van der Waals surface area contributed by atoms with Gasteiger partial charge in [0.2, 0.25) is 5.88 Å². The maximum absolute atomic E-state index is 9.42. The van der Waals surface area contributed by atoms with Gasteiger partial charge in [0.25, 0.3) is 0 Å². The van der Waals surface area contributed by atoms with Gasteiger partial charge >= 0.3 is 0 Å². The van der Waals surface area contributed by atoms with Gasteiger partial charge in [0.05, 0.1) is 4.90 Å². The molecule has 66 valence electrons. The third kappa shape index (κ3) is 1.42. The molecule has 0 atom stereocenters. The van der Waals surface area contributed by atoms with E-state index in [1.165, 1.54) is 18.1 Å². The zero-order valence-electron chi connectivity index (χ0n) is 6.93. The molecule has 2 aromatic rings. The number of thioether (sulfide) groups is 1. The van der Waals surface area contributed by atoms with Crippen LogP contribution in [0.1, 0.15) is 0 Å². The summed E-state index contributed by atoms with van der Waals surface area (Å²) in [5, 5.41) is 10.3. The Morgan fingerprint density at radius 2 is 2.31 bits per heavy atom. The van der Waals surface area contributed by atoms with Crippen molar-refractivity contribution in [1.82, 2.24) is 15.0 Å². The predicted octanol–water partition coefficient (Wildman–Crippen LogP) is 1.45. The summed E-state index contributed by atoms with van der Waals surface area (Å²) in [7, 11) is 0. The highest BCUT2D eigenvalue weighted by atomic mass is 32.2. The molecule has 0 amide bonds. The average molecular weight is 193 g/mol. The van der Waals surface area contributed by atoms with Crippen LogP contribution in [-0.2, 0) is 0 Å². The highest BCUT2D eigenvalue weighted by molar-refractivity contribution is 7.98. The SMILES string of the molecule is CSc1cc2cncnc2nc1O. The first-order chi connectivity index (χ1) is 6.31. The maximum Gasteiger partial charge on any atom is 0.226 e. The second kappa shape index (κ2) is 3.18. The summed E-state index contributed by atoms with van der Waals surface area (Å²) >= 11 is 1.44. The van der Waals surface area contributed by atoms with Gasteiger partial charge in [-0.3, -0.25) is 0 Å². The second-order valence-electron chi connectivity index (χ2n) is 2.45. The van der Waals surface area contributed by atoms with Crippen molar-refractivity contribution in [2.24, 2.45) is 0 Å². The summed E-state index contributed by atoms with van der Waals surface area (Å²) in [5.41, 5.74) is 0.519. The Kier molecular flexibility index (Phi) is 2.02. The van der Waals surface area contributed by atoms with Gasteiger partial charge in [0, 0.05) is 11.6 Å². The fourth-order valence-corrected chi connectivity index (χ4v) is 1.51. The van der Waals surface area contributed by atoms with Gasteiger partial charge < -0.3 is 5.11 Å². The van der Waals surface area contributed by atoms with Crippen molar-refractivity contribution in [3.63, 3.8) is 0 Å². The van der Waals surface area contributed by atoms with Crippen LogP contribution in [0.2, 0.25) is 0 Å². The lowest BCUT2D eigenvalue weighted by Gasteiger charge is -2.00. The quantitative estimate of drug-likeness (QED) is 0.695. The van der Waals surface area contributed by atoms with Crippen LogP contribution in [0, 0.1) is 0 Å². The summed E-state index contributed by atoms with van der Waals surface area (Å²) in [6, 6.07) is 1.82. The van der Waals surface area contributed by atoms with Gasteiger partial charge in [-0.25, -0.2) is 9.97 Å². The van der Waals surface area contributed by atoms with E-state index in [1.54, 1.807) is 6.20 Å². The average Bonchev–Trinajstić information content (AvgIpc) is 2.17. The van der Waals surface area contributed by atoms with Crippen LogP contribution in [0.3, 0.4) is 0 Å². The number of nitrogens with zero attached hydrogens (tertiary/aromatic N) is 3. The summed E-state index contributed by atoms with van der Waals surface area (Å²) in [4.78, 5) is 12.5. The molecule has 0 fully saturated rings. The fourth-order valence-electron chi connectivity index (χ4n) is 1.04. The number of aromatic hydroxyl groups is 1. The molecule has 2 rings (SSSR count). The third-order valence-electron chi connectivity index (χ3n) is 1.66. The molecule has 5 heteroatoms. The molecule has 2 heterocycles. The standard InChI is InChI=1S/C8H7N3OS/c1-13-6-2-5-3-9-4-10-7(5)11-8(6)12/h2-4H,1H3,(H,9,10,11,12). The highest BCUT2D eigenvalue weighted by Gasteiger charge is 2.04. The van der Waals surface area contributed by atoms with Crippen LogP contribution in [0.15, 0.2) is 23.5 Å². The van der Waals surface area contributed by atoms with Crippen molar-refractivity contribution in [2.45, 2.75) is 4.90 Å². The molecule has 0 aliphatic carbocycles. The number of hydrogen-bond donors (Lipinski definition) is 1. The van der Waals surface area contributed by atoms with Crippen molar-refractivity contribution >= 4 is 22.8 Å². The largest absolute Gasteiger partial charge is 0.492 e. The van der Waals surface area contributed by atoms with E-state index in [1.807, 2.05) is 12.3 Å². The van der Waals surface area contributed by atoms with Crippen LogP contribution in [-0.4, -0.2) is 26.3 Å². The highest BCUT2D eigenvalue weighted by Crippen LogP contribution is 2.26.